The van der Waals surface area contributed by atoms with Gasteiger partial charge in [0.05, 0.1) is 17.9 Å². The van der Waals surface area contributed by atoms with Crippen molar-refractivity contribution in [2.45, 2.75) is 19.8 Å². The summed E-state index contributed by atoms with van der Waals surface area (Å²) >= 11 is 1.56. The highest BCUT2D eigenvalue weighted by Gasteiger charge is 2.13. The average Bonchev–Trinajstić information content (AvgIpc) is 3.41. The maximum Gasteiger partial charge on any atom is 0.338 e. The molecule has 144 valence electrons. The summed E-state index contributed by atoms with van der Waals surface area (Å²) < 4.78 is 5.01. The number of carbonyl (C=O) groups excluding carboxylic acids is 1. The Morgan fingerprint density at radius 2 is 1.82 bits per heavy atom. The first-order chi connectivity index (χ1) is 13.7. The molecule has 1 fully saturated rings. The van der Waals surface area contributed by atoms with Gasteiger partial charge in [0.25, 0.3) is 0 Å². The maximum absolute atomic E-state index is 11.7. The molecular formula is C22H23N3O2S. The monoisotopic (exact) mass is 393 g/mol. The maximum atomic E-state index is 11.7. The highest BCUT2D eigenvalue weighted by atomic mass is 32.1. The molecule has 1 aliphatic rings. The quantitative estimate of drug-likeness (QED) is 0.574. The number of nitrogens with one attached hydrogen (secondary N) is 1. The van der Waals surface area contributed by atoms with Crippen LogP contribution in [0.3, 0.4) is 0 Å². The highest BCUT2D eigenvalue weighted by molar-refractivity contribution is 7.14. The Balaban J connectivity index is 1.42. The van der Waals surface area contributed by atoms with Crippen LogP contribution in [0.5, 0.6) is 0 Å². The van der Waals surface area contributed by atoms with E-state index in [0.29, 0.717) is 12.2 Å². The second kappa shape index (κ2) is 8.44. The SMILES string of the molecule is CCOC(=O)c1ccc(Nc2nc(-c3ccc(N4CCCC4)cc3)cs2)cc1. The van der Waals surface area contributed by atoms with E-state index in [-0.39, 0.29) is 5.97 Å². The summed E-state index contributed by atoms with van der Waals surface area (Å²) in [5.41, 5.74) is 4.80. The van der Waals surface area contributed by atoms with Crippen molar-refractivity contribution in [3.05, 3.63) is 59.5 Å². The third-order valence-electron chi connectivity index (χ3n) is 4.79. The van der Waals surface area contributed by atoms with E-state index in [1.54, 1.807) is 30.4 Å². The van der Waals surface area contributed by atoms with E-state index >= 15 is 0 Å². The molecule has 3 aromatic rings. The fourth-order valence-electron chi connectivity index (χ4n) is 3.31. The van der Waals surface area contributed by atoms with Gasteiger partial charge in [0.2, 0.25) is 0 Å². The predicted octanol–water partition coefficient (Wildman–Crippen LogP) is 5.33. The summed E-state index contributed by atoms with van der Waals surface area (Å²) in [6, 6.07) is 15.9. The molecule has 1 aliphatic heterocycles. The molecule has 4 rings (SSSR count). The molecule has 5 nitrogen and oxygen atoms in total. The Hall–Kier alpha value is -2.86. The van der Waals surface area contributed by atoms with E-state index in [9.17, 15) is 4.79 Å². The summed E-state index contributed by atoms with van der Waals surface area (Å²) in [5, 5.41) is 6.17. The Bertz CT molecular complexity index is 929. The molecule has 1 aromatic heterocycles. The number of ether oxygens (including phenoxy) is 1. The second-order valence-corrected chi connectivity index (χ2v) is 7.56. The zero-order valence-electron chi connectivity index (χ0n) is 15.9. The second-order valence-electron chi connectivity index (χ2n) is 6.70. The first-order valence-corrected chi connectivity index (χ1v) is 10.5. The fourth-order valence-corrected chi connectivity index (χ4v) is 4.05. The fraction of sp³-hybridized carbons (Fsp3) is 0.273. The molecule has 2 aromatic carbocycles. The van der Waals surface area contributed by atoms with Crippen LogP contribution in [-0.4, -0.2) is 30.6 Å². The number of esters is 1. The van der Waals surface area contributed by atoms with Crippen LogP contribution in [0.2, 0.25) is 0 Å². The van der Waals surface area contributed by atoms with E-state index in [4.69, 9.17) is 9.72 Å². The minimum Gasteiger partial charge on any atom is -0.462 e. The number of anilines is 3. The smallest absolute Gasteiger partial charge is 0.338 e. The van der Waals surface area contributed by atoms with Gasteiger partial charge >= 0.3 is 5.97 Å². The van der Waals surface area contributed by atoms with Crippen molar-refractivity contribution in [2.24, 2.45) is 0 Å². The molecule has 0 saturated carbocycles. The van der Waals surface area contributed by atoms with Crippen LogP contribution in [0.25, 0.3) is 11.3 Å². The van der Waals surface area contributed by atoms with Crippen LogP contribution in [0.4, 0.5) is 16.5 Å². The van der Waals surface area contributed by atoms with E-state index in [1.807, 2.05) is 12.1 Å². The number of thiazole rings is 1. The molecule has 0 amide bonds. The lowest BCUT2D eigenvalue weighted by molar-refractivity contribution is 0.0526. The normalized spacial score (nSPS) is 13.5. The van der Waals surface area contributed by atoms with E-state index < -0.39 is 0 Å². The van der Waals surface area contributed by atoms with Gasteiger partial charge in [-0.2, -0.15) is 0 Å². The van der Waals surface area contributed by atoms with Crippen molar-refractivity contribution < 1.29 is 9.53 Å². The number of hydrogen-bond donors (Lipinski definition) is 1. The van der Waals surface area contributed by atoms with Gasteiger partial charge in [-0.05, 0) is 56.2 Å². The van der Waals surface area contributed by atoms with Crippen LogP contribution in [-0.2, 0) is 4.74 Å². The molecule has 6 heteroatoms. The third-order valence-corrected chi connectivity index (χ3v) is 5.54. The molecule has 0 atom stereocenters. The molecule has 0 bridgehead atoms. The number of aromatic nitrogens is 1. The van der Waals surface area contributed by atoms with Crippen molar-refractivity contribution in [2.75, 3.05) is 29.9 Å². The molecular weight excluding hydrogens is 370 g/mol. The molecule has 0 radical (unpaired) electrons. The molecule has 0 aliphatic carbocycles. The van der Waals surface area contributed by atoms with Crippen molar-refractivity contribution >= 4 is 33.8 Å². The summed E-state index contributed by atoms with van der Waals surface area (Å²) in [7, 11) is 0. The minimum atomic E-state index is -0.303. The van der Waals surface area contributed by atoms with Crippen molar-refractivity contribution in [3.63, 3.8) is 0 Å². The van der Waals surface area contributed by atoms with Crippen LogP contribution in [0.15, 0.2) is 53.9 Å². The highest BCUT2D eigenvalue weighted by Crippen LogP contribution is 2.29. The first-order valence-electron chi connectivity index (χ1n) is 9.58. The predicted molar refractivity (Wildman–Crippen MR) is 115 cm³/mol. The van der Waals surface area contributed by atoms with Crippen molar-refractivity contribution in [3.8, 4) is 11.3 Å². The number of rotatable bonds is 6. The third kappa shape index (κ3) is 4.17. The van der Waals surface area contributed by atoms with Crippen molar-refractivity contribution in [1.82, 2.24) is 4.98 Å². The van der Waals surface area contributed by atoms with E-state index in [0.717, 1.165) is 35.2 Å². The molecule has 1 saturated heterocycles. The lowest BCUT2D eigenvalue weighted by Gasteiger charge is -2.17. The van der Waals surface area contributed by atoms with Gasteiger partial charge in [-0.3, -0.25) is 0 Å². The van der Waals surface area contributed by atoms with E-state index in [2.05, 4.69) is 39.9 Å². The van der Waals surface area contributed by atoms with Crippen LogP contribution in [0.1, 0.15) is 30.1 Å². The summed E-state index contributed by atoms with van der Waals surface area (Å²) in [5.74, 6) is -0.303. The molecule has 0 unspecified atom stereocenters. The number of carbonyl (C=O) groups is 1. The Morgan fingerprint density at radius 1 is 1.11 bits per heavy atom. The van der Waals surface area contributed by atoms with Gasteiger partial charge in [-0.15, -0.1) is 11.3 Å². The molecule has 28 heavy (non-hydrogen) atoms. The zero-order valence-corrected chi connectivity index (χ0v) is 16.7. The van der Waals surface area contributed by atoms with Gasteiger partial charge in [0.15, 0.2) is 5.13 Å². The molecule has 1 N–H and O–H groups in total. The Kier molecular flexibility index (Phi) is 5.58. The van der Waals surface area contributed by atoms with Crippen LogP contribution < -0.4 is 10.2 Å². The van der Waals surface area contributed by atoms with Gasteiger partial charge in [0, 0.05) is 35.4 Å². The standard InChI is InChI=1S/C22H23N3O2S/c1-2-27-21(26)17-5-9-18(10-6-17)23-22-24-20(15-28-22)16-7-11-19(12-8-16)25-13-3-4-14-25/h5-12,15H,2-4,13-14H2,1H3,(H,23,24). The molecule has 2 heterocycles. The van der Waals surface area contributed by atoms with Crippen LogP contribution in [0, 0.1) is 0 Å². The Morgan fingerprint density at radius 3 is 2.50 bits per heavy atom. The van der Waals surface area contributed by atoms with Gasteiger partial charge < -0.3 is 15.0 Å². The van der Waals surface area contributed by atoms with Gasteiger partial charge in [0.1, 0.15) is 0 Å². The van der Waals surface area contributed by atoms with Gasteiger partial charge in [-0.1, -0.05) is 12.1 Å². The van der Waals surface area contributed by atoms with Gasteiger partial charge in [-0.25, -0.2) is 9.78 Å². The minimum absolute atomic E-state index is 0.303. The molecule has 0 spiro atoms. The lowest BCUT2D eigenvalue weighted by atomic mass is 10.1. The topological polar surface area (TPSA) is 54.5 Å². The summed E-state index contributed by atoms with van der Waals surface area (Å²) in [4.78, 5) is 18.8. The average molecular weight is 394 g/mol. The largest absolute Gasteiger partial charge is 0.462 e. The van der Waals surface area contributed by atoms with E-state index in [1.165, 1.54) is 18.5 Å². The Labute approximate surface area is 169 Å². The van der Waals surface area contributed by atoms with Crippen LogP contribution >= 0.6 is 11.3 Å². The summed E-state index contributed by atoms with van der Waals surface area (Å²) in [6.07, 6.45) is 2.56. The lowest BCUT2D eigenvalue weighted by Crippen LogP contribution is -2.17. The number of benzene rings is 2. The number of hydrogen-bond acceptors (Lipinski definition) is 6. The van der Waals surface area contributed by atoms with Crippen molar-refractivity contribution in [1.29, 1.82) is 0 Å². The first kappa shape index (κ1) is 18.5. The number of nitrogens with zero attached hydrogens (tertiary/aromatic N) is 2. The summed E-state index contributed by atoms with van der Waals surface area (Å²) in [6.45, 7) is 4.48. The zero-order chi connectivity index (χ0) is 19.3.